The van der Waals surface area contributed by atoms with Gasteiger partial charge in [-0.25, -0.2) is 4.68 Å². The van der Waals surface area contributed by atoms with Gasteiger partial charge in [0.2, 0.25) is 5.91 Å². The molecule has 0 aromatic carbocycles. The maximum atomic E-state index is 11.8. The molecule has 6 nitrogen and oxygen atoms in total. The molecule has 1 aromatic rings. The van der Waals surface area contributed by atoms with Crippen molar-refractivity contribution in [2.24, 2.45) is 0 Å². The van der Waals surface area contributed by atoms with Crippen LogP contribution in [0.15, 0.2) is 12.7 Å². The van der Waals surface area contributed by atoms with Crippen LogP contribution in [0.25, 0.3) is 12.2 Å². The molecule has 0 saturated carbocycles. The Morgan fingerprint density at radius 1 is 1.50 bits per heavy atom. The maximum Gasteiger partial charge on any atom is 0.251 e. The normalized spacial score (nSPS) is 22.2. The molecule has 18 heavy (non-hydrogen) atoms. The standard InChI is InChI=1S/C12H14N4O2/c1-3-5-9-8(4-2)14-15-16(9)10-6-7-11(17)13-12(10)18/h3-5,10H,1,6-7H2,2H3,(H,13,17,18)/b8-4+,9-5+. The Morgan fingerprint density at radius 2 is 2.28 bits per heavy atom. The summed E-state index contributed by atoms with van der Waals surface area (Å²) >= 11 is 0. The summed E-state index contributed by atoms with van der Waals surface area (Å²) < 4.78 is 1.54. The van der Waals surface area contributed by atoms with Gasteiger partial charge in [-0.05, 0) is 19.4 Å². The highest BCUT2D eigenvalue weighted by Crippen LogP contribution is 2.14. The van der Waals surface area contributed by atoms with E-state index in [0.717, 1.165) is 5.35 Å². The van der Waals surface area contributed by atoms with Gasteiger partial charge in [-0.2, -0.15) is 0 Å². The molecule has 94 valence electrons. The molecule has 0 bridgehead atoms. The number of rotatable bonds is 2. The van der Waals surface area contributed by atoms with Crippen molar-refractivity contribution >= 4 is 24.0 Å². The van der Waals surface area contributed by atoms with E-state index in [0.29, 0.717) is 18.2 Å². The van der Waals surface area contributed by atoms with Crippen LogP contribution in [0.3, 0.4) is 0 Å². The van der Waals surface area contributed by atoms with Crippen LogP contribution in [-0.2, 0) is 9.59 Å². The molecular formula is C12H14N4O2. The molecule has 2 amide bonds. The van der Waals surface area contributed by atoms with Gasteiger partial charge in [-0.1, -0.05) is 23.9 Å². The highest BCUT2D eigenvalue weighted by atomic mass is 16.2. The van der Waals surface area contributed by atoms with Crippen LogP contribution in [0.2, 0.25) is 0 Å². The number of allylic oxidation sites excluding steroid dienone is 1. The van der Waals surface area contributed by atoms with Crippen LogP contribution >= 0.6 is 0 Å². The topological polar surface area (TPSA) is 76.9 Å². The van der Waals surface area contributed by atoms with Gasteiger partial charge in [0.15, 0.2) is 0 Å². The third kappa shape index (κ3) is 2.09. The Labute approximate surface area is 104 Å². The zero-order valence-corrected chi connectivity index (χ0v) is 10.1. The summed E-state index contributed by atoms with van der Waals surface area (Å²) in [5.41, 5.74) is 0. The Balaban J connectivity index is 2.49. The fourth-order valence-electron chi connectivity index (χ4n) is 1.94. The molecule has 0 spiro atoms. The minimum absolute atomic E-state index is 0.243. The first kappa shape index (κ1) is 12.2. The predicted molar refractivity (Wildman–Crippen MR) is 65.5 cm³/mol. The zero-order valence-electron chi connectivity index (χ0n) is 10.1. The van der Waals surface area contributed by atoms with E-state index in [1.165, 1.54) is 0 Å². The van der Waals surface area contributed by atoms with Crippen LogP contribution in [-0.4, -0.2) is 26.8 Å². The van der Waals surface area contributed by atoms with Crippen molar-refractivity contribution in [3.05, 3.63) is 23.4 Å². The van der Waals surface area contributed by atoms with Crippen molar-refractivity contribution in [2.45, 2.75) is 25.8 Å². The summed E-state index contributed by atoms with van der Waals surface area (Å²) in [7, 11) is 0. The number of carbonyl (C=O) groups is 2. The van der Waals surface area contributed by atoms with Gasteiger partial charge in [0.05, 0.1) is 5.35 Å². The smallest absolute Gasteiger partial charge is 0.251 e. The first-order valence-corrected chi connectivity index (χ1v) is 5.71. The number of nitrogens with zero attached hydrogens (tertiary/aromatic N) is 3. The first-order valence-electron chi connectivity index (χ1n) is 5.71. The van der Waals surface area contributed by atoms with Gasteiger partial charge in [0, 0.05) is 6.42 Å². The summed E-state index contributed by atoms with van der Waals surface area (Å²) in [6.45, 7) is 5.48. The van der Waals surface area contributed by atoms with Crippen molar-refractivity contribution < 1.29 is 9.59 Å². The zero-order chi connectivity index (χ0) is 13.1. The van der Waals surface area contributed by atoms with Crippen molar-refractivity contribution in [1.82, 2.24) is 20.3 Å². The van der Waals surface area contributed by atoms with E-state index in [1.54, 1.807) is 16.8 Å². The highest BCUT2D eigenvalue weighted by molar-refractivity contribution is 5.99. The second kappa shape index (κ2) is 4.95. The van der Waals surface area contributed by atoms with Crippen molar-refractivity contribution in [3.8, 4) is 0 Å². The van der Waals surface area contributed by atoms with E-state index in [9.17, 15) is 9.59 Å². The number of imide groups is 1. The van der Waals surface area contributed by atoms with Crippen molar-refractivity contribution in [2.75, 3.05) is 0 Å². The molecule has 1 saturated heterocycles. The van der Waals surface area contributed by atoms with E-state index < -0.39 is 6.04 Å². The van der Waals surface area contributed by atoms with Gasteiger partial charge in [0.1, 0.15) is 11.4 Å². The highest BCUT2D eigenvalue weighted by Gasteiger charge is 2.29. The minimum atomic E-state index is -0.491. The number of carbonyl (C=O) groups excluding carboxylic acids is 2. The molecule has 1 unspecified atom stereocenters. The van der Waals surface area contributed by atoms with Gasteiger partial charge < -0.3 is 0 Å². The molecule has 6 heteroatoms. The summed E-state index contributed by atoms with van der Waals surface area (Å²) in [6, 6.07) is -0.491. The Hall–Kier alpha value is -2.24. The van der Waals surface area contributed by atoms with E-state index in [1.807, 2.05) is 13.0 Å². The molecule has 0 radical (unpaired) electrons. The number of nitrogens with one attached hydrogen (secondary N) is 1. The van der Waals surface area contributed by atoms with Gasteiger partial charge in [0.25, 0.3) is 5.91 Å². The monoisotopic (exact) mass is 246 g/mol. The summed E-state index contributed by atoms with van der Waals surface area (Å²) in [4.78, 5) is 22.9. The molecule has 2 heterocycles. The number of hydrogen-bond donors (Lipinski definition) is 1. The summed E-state index contributed by atoms with van der Waals surface area (Å²) in [5.74, 6) is -0.578. The van der Waals surface area contributed by atoms with Gasteiger partial charge in [-0.15, -0.1) is 5.10 Å². The Kier molecular flexibility index (Phi) is 3.36. The lowest BCUT2D eigenvalue weighted by Gasteiger charge is -2.20. The Morgan fingerprint density at radius 3 is 2.89 bits per heavy atom. The number of amides is 2. The second-order valence-electron chi connectivity index (χ2n) is 3.96. The fourth-order valence-corrected chi connectivity index (χ4v) is 1.94. The molecule has 1 aromatic heterocycles. The van der Waals surface area contributed by atoms with Crippen LogP contribution in [0, 0.1) is 0 Å². The molecule has 1 atom stereocenters. The lowest BCUT2D eigenvalue weighted by Crippen LogP contribution is -2.45. The molecule has 1 aliphatic heterocycles. The maximum absolute atomic E-state index is 11.8. The van der Waals surface area contributed by atoms with Crippen LogP contribution in [0.4, 0.5) is 0 Å². The van der Waals surface area contributed by atoms with E-state index in [2.05, 4.69) is 22.2 Å². The molecule has 2 rings (SSSR count). The van der Waals surface area contributed by atoms with Crippen molar-refractivity contribution in [3.63, 3.8) is 0 Å². The van der Waals surface area contributed by atoms with Crippen molar-refractivity contribution in [1.29, 1.82) is 0 Å². The largest absolute Gasteiger partial charge is 0.295 e. The number of piperidine rings is 1. The lowest BCUT2D eigenvalue weighted by molar-refractivity contribution is -0.136. The molecular weight excluding hydrogens is 232 g/mol. The Bertz CT molecular complexity index is 615. The van der Waals surface area contributed by atoms with Crippen LogP contribution < -0.4 is 16.0 Å². The average Bonchev–Trinajstić information content (AvgIpc) is 2.73. The van der Waals surface area contributed by atoms with Crippen LogP contribution in [0.1, 0.15) is 25.8 Å². The van der Waals surface area contributed by atoms with Gasteiger partial charge >= 0.3 is 0 Å². The SMILES string of the molecule is C=C/C=c1\c(=C/C)nnn1C1CCC(=O)NC1=O. The third-order valence-corrected chi connectivity index (χ3v) is 2.81. The average molecular weight is 246 g/mol. The van der Waals surface area contributed by atoms with E-state index >= 15 is 0 Å². The summed E-state index contributed by atoms with van der Waals surface area (Å²) in [6.07, 6.45) is 5.93. The van der Waals surface area contributed by atoms with E-state index in [4.69, 9.17) is 0 Å². The number of hydrogen-bond acceptors (Lipinski definition) is 4. The van der Waals surface area contributed by atoms with E-state index in [-0.39, 0.29) is 11.8 Å². The fraction of sp³-hybridized carbons (Fsp3) is 0.333. The van der Waals surface area contributed by atoms with Crippen LogP contribution in [0.5, 0.6) is 0 Å². The molecule has 0 aliphatic carbocycles. The molecule has 1 N–H and O–H groups in total. The number of aromatic nitrogens is 3. The molecule has 1 aliphatic rings. The first-order chi connectivity index (χ1) is 8.67. The minimum Gasteiger partial charge on any atom is -0.295 e. The quantitative estimate of drug-likeness (QED) is 0.681. The van der Waals surface area contributed by atoms with Gasteiger partial charge in [-0.3, -0.25) is 14.9 Å². The molecule has 1 fully saturated rings. The third-order valence-electron chi connectivity index (χ3n) is 2.81. The second-order valence-corrected chi connectivity index (χ2v) is 3.96. The predicted octanol–water partition coefficient (Wildman–Crippen LogP) is -0.977. The summed E-state index contributed by atoms with van der Waals surface area (Å²) in [5, 5.41) is 11.7. The lowest BCUT2D eigenvalue weighted by atomic mass is 10.1.